The van der Waals surface area contributed by atoms with E-state index in [0.717, 1.165) is 12.3 Å². The van der Waals surface area contributed by atoms with Crippen molar-refractivity contribution in [2.24, 2.45) is 0 Å². The highest BCUT2D eigenvalue weighted by molar-refractivity contribution is 7.86. The van der Waals surface area contributed by atoms with Crippen molar-refractivity contribution in [1.82, 2.24) is 14.5 Å². The molecule has 0 spiro atoms. The lowest BCUT2D eigenvalue weighted by molar-refractivity contribution is -0.137. The monoisotopic (exact) mass is 581 g/mol. The summed E-state index contributed by atoms with van der Waals surface area (Å²) in [7, 11) is -5.04. The third-order valence-electron chi connectivity index (χ3n) is 6.41. The van der Waals surface area contributed by atoms with Gasteiger partial charge < -0.3 is 14.6 Å². The Morgan fingerprint density at radius 2 is 2.00 bits per heavy atom. The van der Waals surface area contributed by atoms with Gasteiger partial charge in [-0.05, 0) is 31.0 Å². The van der Waals surface area contributed by atoms with Crippen molar-refractivity contribution < 1.29 is 30.5 Å². The minimum absolute atomic E-state index is 0.0780. The number of nitrogens with one attached hydrogen (secondary N) is 1. The van der Waals surface area contributed by atoms with Gasteiger partial charge in [0.05, 0.1) is 41.2 Å². The zero-order chi connectivity index (χ0) is 28.6. The van der Waals surface area contributed by atoms with Crippen molar-refractivity contribution in [3.8, 4) is 17.3 Å². The van der Waals surface area contributed by atoms with Crippen molar-refractivity contribution in [2.45, 2.75) is 63.6 Å². The fourth-order valence-corrected chi connectivity index (χ4v) is 5.64. The van der Waals surface area contributed by atoms with Gasteiger partial charge in [0, 0.05) is 38.0 Å². The van der Waals surface area contributed by atoms with Gasteiger partial charge in [0.2, 0.25) is 5.95 Å². The van der Waals surface area contributed by atoms with Crippen LogP contribution >= 0.6 is 0 Å². The SMILES string of the molecule is C[Si](C)(C)CCOCn1cc(-c2nc(NC3CC[C@H]3OS(C)(=O)=O)ncc2C(F)(F)F)c2ccc(C#N)cc21. The maximum atomic E-state index is 14.1. The molecule has 1 aliphatic rings. The summed E-state index contributed by atoms with van der Waals surface area (Å²) in [6.45, 7) is 7.27. The number of nitriles is 1. The average Bonchev–Trinajstić information content (AvgIpc) is 3.19. The predicted octanol–water partition coefficient (Wildman–Crippen LogP) is 5.22. The number of rotatable bonds is 10. The van der Waals surface area contributed by atoms with Gasteiger partial charge in [0.25, 0.3) is 10.1 Å². The molecule has 4 rings (SSSR count). The van der Waals surface area contributed by atoms with Gasteiger partial charge in [-0.2, -0.15) is 26.9 Å². The molecule has 1 saturated carbocycles. The fraction of sp³-hybridized carbons (Fsp3) is 0.480. The molecular formula is C25H30F3N5O4SSi. The molecular weight excluding hydrogens is 551 g/mol. The molecule has 0 aliphatic heterocycles. The van der Waals surface area contributed by atoms with Crippen LogP contribution in [0.15, 0.2) is 30.6 Å². The van der Waals surface area contributed by atoms with Crippen LogP contribution in [0, 0.1) is 11.3 Å². The summed E-state index contributed by atoms with van der Waals surface area (Å²) in [6, 6.07) is 7.26. The van der Waals surface area contributed by atoms with Crippen LogP contribution in [-0.2, 0) is 31.9 Å². The summed E-state index contributed by atoms with van der Waals surface area (Å²) in [4.78, 5) is 8.10. The van der Waals surface area contributed by atoms with E-state index in [0.29, 0.717) is 42.1 Å². The van der Waals surface area contributed by atoms with Crippen LogP contribution in [0.25, 0.3) is 22.2 Å². The molecule has 1 unspecified atom stereocenters. The molecule has 2 aromatic heterocycles. The van der Waals surface area contributed by atoms with Crippen molar-refractivity contribution >= 4 is 35.0 Å². The third kappa shape index (κ3) is 7.16. The van der Waals surface area contributed by atoms with Crippen LogP contribution < -0.4 is 5.32 Å². The number of hydrogen-bond acceptors (Lipinski definition) is 8. The molecule has 39 heavy (non-hydrogen) atoms. The molecule has 0 saturated heterocycles. The van der Waals surface area contributed by atoms with E-state index in [2.05, 4.69) is 41.0 Å². The lowest BCUT2D eigenvalue weighted by atomic mass is 9.89. The quantitative estimate of drug-likeness (QED) is 0.197. The number of hydrogen-bond donors (Lipinski definition) is 1. The topological polar surface area (TPSA) is 119 Å². The maximum Gasteiger partial charge on any atom is 0.419 e. The fourth-order valence-electron chi connectivity index (χ4n) is 4.20. The summed E-state index contributed by atoms with van der Waals surface area (Å²) >= 11 is 0. The molecule has 2 heterocycles. The van der Waals surface area contributed by atoms with Crippen molar-refractivity contribution in [3.63, 3.8) is 0 Å². The van der Waals surface area contributed by atoms with E-state index in [9.17, 15) is 26.9 Å². The van der Waals surface area contributed by atoms with Crippen LogP contribution in [-0.4, -0.2) is 56.0 Å². The second kappa shape index (κ2) is 10.9. The molecule has 9 nitrogen and oxygen atoms in total. The van der Waals surface area contributed by atoms with Crippen LogP contribution in [0.4, 0.5) is 19.1 Å². The smallest absolute Gasteiger partial charge is 0.361 e. The number of fused-ring (bicyclic) bond motifs is 1. The Balaban J connectivity index is 1.73. The van der Waals surface area contributed by atoms with Gasteiger partial charge in [-0.3, -0.25) is 4.18 Å². The van der Waals surface area contributed by atoms with Crippen molar-refractivity contribution in [3.05, 3.63) is 41.7 Å². The van der Waals surface area contributed by atoms with Gasteiger partial charge >= 0.3 is 6.18 Å². The number of ether oxygens (including phenoxy) is 1. The van der Waals surface area contributed by atoms with Crippen LogP contribution in [0.1, 0.15) is 24.0 Å². The van der Waals surface area contributed by atoms with E-state index < -0.39 is 42.1 Å². The predicted molar refractivity (Wildman–Crippen MR) is 143 cm³/mol. The van der Waals surface area contributed by atoms with E-state index in [-0.39, 0.29) is 23.9 Å². The second-order valence-corrected chi connectivity index (χ2v) is 18.0. The van der Waals surface area contributed by atoms with Crippen LogP contribution in [0.5, 0.6) is 0 Å². The maximum absolute atomic E-state index is 14.1. The first kappa shape index (κ1) is 29.0. The summed E-state index contributed by atoms with van der Waals surface area (Å²) < 4.78 is 77.8. The van der Waals surface area contributed by atoms with Crippen LogP contribution in [0.3, 0.4) is 0 Å². The minimum Gasteiger partial charge on any atom is -0.361 e. The molecule has 0 radical (unpaired) electrons. The zero-order valence-corrected chi connectivity index (χ0v) is 23.9. The van der Waals surface area contributed by atoms with Gasteiger partial charge in [-0.1, -0.05) is 25.7 Å². The van der Waals surface area contributed by atoms with E-state index in [1.54, 1.807) is 22.9 Å². The Hall–Kier alpha value is -2.99. The Labute approximate surface area is 226 Å². The summed E-state index contributed by atoms with van der Waals surface area (Å²) in [5.41, 5.74) is -0.250. The lowest BCUT2D eigenvalue weighted by Crippen LogP contribution is -2.46. The Morgan fingerprint density at radius 3 is 2.59 bits per heavy atom. The summed E-state index contributed by atoms with van der Waals surface area (Å²) in [5, 5.41) is 12.8. The van der Waals surface area contributed by atoms with Crippen molar-refractivity contribution in [2.75, 3.05) is 18.2 Å². The highest BCUT2D eigenvalue weighted by Crippen LogP contribution is 2.40. The standard InChI is InChI=1S/C25H30F3N5O4SSi/c1-38(34,35)37-22-8-7-20(22)31-24-30-13-19(25(26,27)28)23(32-24)18-14-33(15-36-9-10-39(2,3)4)21-11-16(12-29)5-6-17(18)21/h5-6,11,13-14,20,22H,7-10,15H2,1-4H3,(H,30,31,32)/t20?,22-/m1/s1. The molecule has 1 aromatic carbocycles. The molecule has 0 bridgehead atoms. The highest BCUT2D eigenvalue weighted by atomic mass is 32.2. The summed E-state index contributed by atoms with van der Waals surface area (Å²) in [6.07, 6.45) is -1.17. The highest BCUT2D eigenvalue weighted by Gasteiger charge is 2.38. The van der Waals surface area contributed by atoms with E-state index in [1.165, 1.54) is 6.07 Å². The molecule has 210 valence electrons. The first-order chi connectivity index (χ1) is 18.1. The van der Waals surface area contributed by atoms with Crippen molar-refractivity contribution in [1.29, 1.82) is 5.26 Å². The van der Waals surface area contributed by atoms with Crippen LogP contribution in [0.2, 0.25) is 25.7 Å². The number of halogens is 3. The molecule has 1 fully saturated rings. The molecule has 2 atom stereocenters. The molecule has 14 heteroatoms. The summed E-state index contributed by atoms with van der Waals surface area (Å²) in [5.74, 6) is -0.0780. The largest absolute Gasteiger partial charge is 0.419 e. The molecule has 1 aliphatic carbocycles. The molecule has 3 aromatic rings. The first-order valence-electron chi connectivity index (χ1n) is 12.3. The molecule has 0 amide bonds. The third-order valence-corrected chi connectivity index (χ3v) is 8.71. The van der Waals surface area contributed by atoms with E-state index in [4.69, 9.17) is 8.92 Å². The van der Waals surface area contributed by atoms with Gasteiger partial charge in [0.15, 0.2) is 0 Å². The van der Waals surface area contributed by atoms with Gasteiger partial charge in [-0.15, -0.1) is 0 Å². The number of aromatic nitrogens is 3. The number of anilines is 1. The Kier molecular flexibility index (Phi) is 8.09. The average molecular weight is 582 g/mol. The van der Waals surface area contributed by atoms with Gasteiger partial charge in [0.1, 0.15) is 12.3 Å². The Morgan fingerprint density at radius 1 is 1.26 bits per heavy atom. The van der Waals surface area contributed by atoms with E-state index >= 15 is 0 Å². The van der Waals surface area contributed by atoms with Gasteiger partial charge in [-0.25, -0.2) is 9.97 Å². The minimum atomic E-state index is -4.73. The molecule has 1 N–H and O–H groups in total. The number of nitrogens with zero attached hydrogens (tertiary/aromatic N) is 4. The Bertz CT molecular complexity index is 1510. The normalized spacial score (nSPS) is 18.1. The first-order valence-corrected chi connectivity index (χ1v) is 17.9. The second-order valence-electron chi connectivity index (χ2n) is 10.8. The number of benzene rings is 1. The lowest BCUT2D eigenvalue weighted by Gasteiger charge is -2.35. The zero-order valence-electron chi connectivity index (χ0n) is 22.0. The van der Waals surface area contributed by atoms with E-state index in [1.807, 2.05) is 0 Å². The number of alkyl halides is 3.